The van der Waals surface area contributed by atoms with Crippen molar-refractivity contribution < 1.29 is 4.79 Å². The number of nitrogens with zero attached hydrogens (tertiary/aromatic N) is 1. The molecule has 3 aromatic rings. The molecule has 0 radical (unpaired) electrons. The average Bonchev–Trinajstić information content (AvgIpc) is 2.68. The number of para-hydroxylation sites is 2. The molecule has 0 saturated heterocycles. The summed E-state index contributed by atoms with van der Waals surface area (Å²) < 4.78 is 0. The Labute approximate surface area is 154 Å². The first-order valence-corrected chi connectivity index (χ1v) is 8.74. The summed E-state index contributed by atoms with van der Waals surface area (Å²) >= 11 is 0. The third kappa shape index (κ3) is 4.28. The van der Waals surface area contributed by atoms with E-state index in [9.17, 15) is 4.79 Å². The lowest BCUT2D eigenvalue weighted by Gasteiger charge is -2.16. The fraction of sp³-hybridized carbons (Fsp3) is 0.182. The number of anilines is 2. The van der Waals surface area contributed by atoms with E-state index in [1.54, 1.807) is 6.20 Å². The number of carbonyl (C=O) groups is 1. The zero-order chi connectivity index (χ0) is 18.4. The molecular formula is C22H23N3O. The highest BCUT2D eigenvalue weighted by Crippen LogP contribution is 2.24. The largest absolute Gasteiger partial charge is 0.379 e. The lowest BCUT2D eigenvalue weighted by Crippen LogP contribution is -2.20. The maximum atomic E-state index is 12.6. The van der Waals surface area contributed by atoms with Crippen molar-refractivity contribution in [2.75, 3.05) is 10.6 Å². The topological polar surface area (TPSA) is 54.0 Å². The van der Waals surface area contributed by atoms with Gasteiger partial charge in [0.05, 0.1) is 23.0 Å². The van der Waals surface area contributed by atoms with E-state index in [0.717, 1.165) is 17.1 Å². The number of pyridine rings is 1. The molecule has 0 fully saturated rings. The Morgan fingerprint density at radius 2 is 1.65 bits per heavy atom. The average molecular weight is 345 g/mol. The van der Waals surface area contributed by atoms with Crippen molar-refractivity contribution in [1.82, 2.24) is 4.98 Å². The Balaban J connectivity index is 1.71. The van der Waals surface area contributed by atoms with Crippen LogP contribution in [0.4, 0.5) is 11.4 Å². The van der Waals surface area contributed by atoms with Crippen LogP contribution in [-0.4, -0.2) is 10.9 Å². The predicted octanol–water partition coefficient (Wildman–Crippen LogP) is 4.74. The molecule has 1 atom stereocenters. The minimum Gasteiger partial charge on any atom is -0.379 e. The Morgan fingerprint density at radius 3 is 2.38 bits per heavy atom. The Kier molecular flexibility index (Phi) is 5.64. The summed E-state index contributed by atoms with van der Waals surface area (Å²) in [6, 6.07) is 21.6. The first-order valence-electron chi connectivity index (χ1n) is 8.74. The van der Waals surface area contributed by atoms with Gasteiger partial charge in [-0.3, -0.25) is 9.78 Å². The predicted molar refractivity (Wildman–Crippen MR) is 106 cm³/mol. The second kappa shape index (κ2) is 8.30. The third-order valence-corrected chi connectivity index (χ3v) is 4.44. The smallest absolute Gasteiger partial charge is 0.233 e. The van der Waals surface area contributed by atoms with Gasteiger partial charge in [0.15, 0.2) is 0 Å². The molecule has 0 bridgehead atoms. The normalized spacial score (nSPS) is 11.6. The van der Waals surface area contributed by atoms with E-state index in [1.807, 2.05) is 61.5 Å². The quantitative estimate of drug-likeness (QED) is 0.678. The molecule has 2 aromatic carbocycles. The molecule has 1 heterocycles. The second-order valence-electron chi connectivity index (χ2n) is 6.29. The lowest BCUT2D eigenvalue weighted by molar-refractivity contribution is -0.117. The van der Waals surface area contributed by atoms with E-state index >= 15 is 0 Å². The molecule has 4 heteroatoms. The Morgan fingerprint density at radius 1 is 0.962 bits per heavy atom. The Bertz CT molecular complexity index is 877. The molecule has 0 aliphatic carbocycles. The SMILES string of the molecule is Cc1ccccc1CNc1ccccc1NC(=O)C(C)c1ccccn1. The van der Waals surface area contributed by atoms with Crippen molar-refractivity contribution in [1.29, 1.82) is 0 Å². The Hall–Kier alpha value is -3.14. The number of rotatable bonds is 6. The van der Waals surface area contributed by atoms with Gasteiger partial charge >= 0.3 is 0 Å². The maximum Gasteiger partial charge on any atom is 0.233 e. The minimum absolute atomic E-state index is 0.0751. The van der Waals surface area contributed by atoms with Gasteiger partial charge in [0.25, 0.3) is 0 Å². The van der Waals surface area contributed by atoms with Crippen molar-refractivity contribution >= 4 is 17.3 Å². The monoisotopic (exact) mass is 345 g/mol. The highest BCUT2D eigenvalue weighted by atomic mass is 16.1. The van der Waals surface area contributed by atoms with Crippen LogP contribution in [0.3, 0.4) is 0 Å². The van der Waals surface area contributed by atoms with Gasteiger partial charge in [-0.25, -0.2) is 0 Å². The maximum absolute atomic E-state index is 12.6. The number of aromatic nitrogens is 1. The van der Waals surface area contributed by atoms with Crippen LogP contribution in [0.25, 0.3) is 0 Å². The summed E-state index contributed by atoms with van der Waals surface area (Å²) in [6.45, 7) is 4.66. The highest BCUT2D eigenvalue weighted by molar-refractivity contribution is 5.97. The van der Waals surface area contributed by atoms with Crippen LogP contribution in [-0.2, 0) is 11.3 Å². The van der Waals surface area contributed by atoms with E-state index in [-0.39, 0.29) is 11.8 Å². The van der Waals surface area contributed by atoms with Crippen LogP contribution in [0.5, 0.6) is 0 Å². The summed E-state index contributed by atoms with van der Waals surface area (Å²) in [5.41, 5.74) is 4.90. The van der Waals surface area contributed by atoms with Gasteiger partial charge in [-0.1, -0.05) is 42.5 Å². The molecule has 0 aliphatic rings. The molecule has 0 saturated carbocycles. The first kappa shape index (κ1) is 17.7. The molecule has 3 rings (SSSR count). The van der Waals surface area contributed by atoms with Gasteiger partial charge in [-0.05, 0) is 49.2 Å². The fourth-order valence-corrected chi connectivity index (χ4v) is 2.75. The van der Waals surface area contributed by atoms with Gasteiger partial charge in [0, 0.05) is 12.7 Å². The number of benzene rings is 2. The first-order chi connectivity index (χ1) is 12.6. The van der Waals surface area contributed by atoms with Crippen molar-refractivity contribution in [3.8, 4) is 0 Å². The fourth-order valence-electron chi connectivity index (χ4n) is 2.75. The minimum atomic E-state index is -0.319. The van der Waals surface area contributed by atoms with Crippen molar-refractivity contribution in [2.24, 2.45) is 0 Å². The molecular weight excluding hydrogens is 322 g/mol. The van der Waals surface area contributed by atoms with Crippen molar-refractivity contribution in [3.63, 3.8) is 0 Å². The van der Waals surface area contributed by atoms with E-state index in [2.05, 4.69) is 34.7 Å². The number of aryl methyl sites for hydroxylation is 1. The van der Waals surface area contributed by atoms with Crippen LogP contribution in [0, 0.1) is 6.92 Å². The van der Waals surface area contributed by atoms with Gasteiger partial charge in [-0.2, -0.15) is 0 Å². The summed E-state index contributed by atoms with van der Waals surface area (Å²) in [5.74, 6) is -0.394. The van der Waals surface area contributed by atoms with Crippen LogP contribution in [0.2, 0.25) is 0 Å². The van der Waals surface area contributed by atoms with Gasteiger partial charge < -0.3 is 10.6 Å². The molecule has 2 N–H and O–H groups in total. The number of hydrogen-bond acceptors (Lipinski definition) is 3. The van der Waals surface area contributed by atoms with Gasteiger partial charge in [0.2, 0.25) is 5.91 Å². The summed E-state index contributed by atoms with van der Waals surface area (Å²) in [7, 11) is 0. The number of hydrogen-bond donors (Lipinski definition) is 2. The molecule has 4 nitrogen and oxygen atoms in total. The number of amides is 1. The summed E-state index contributed by atoms with van der Waals surface area (Å²) in [4.78, 5) is 16.9. The van der Waals surface area contributed by atoms with Crippen LogP contribution >= 0.6 is 0 Å². The van der Waals surface area contributed by atoms with Gasteiger partial charge in [-0.15, -0.1) is 0 Å². The van der Waals surface area contributed by atoms with Crippen LogP contribution in [0.15, 0.2) is 72.9 Å². The zero-order valence-electron chi connectivity index (χ0n) is 15.1. The standard InChI is InChI=1S/C22H23N3O/c1-16-9-3-4-10-18(16)15-24-20-12-5-6-13-21(20)25-22(26)17(2)19-11-7-8-14-23-19/h3-14,17,24H,15H2,1-2H3,(H,25,26). The highest BCUT2D eigenvalue weighted by Gasteiger charge is 2.17. The number of nitrogens with one attached hydrogen (secondary N) is 2. The molecule has 26 heavy (non-hydrogen) atoms. The molecule has 132 valence electrons. The summed E-state index contributed by atoms with van der Waals surface area (Å²) in [5, 5.41) is 6.44. The van der Waals surface area contributed by atoms with E-state index in [0.29, 0.717) is 6.54 Å². The van der Waals surface area contributed by atoms with Crippen molar-refractivity contribution in [2.45, 2.75) is 26.3 Å². The molecule has 0 spiro atoms. The van der Waals surface area contributed by atoms with E-state index in [4.69, 9.17) is 0 Å². The number of carbonyl (C=O) groups excluding carboxylic acids is 1. The van der Waals surface area contributed by atoms with E-state index < -0.39 is 0 Å². The van der Waals surface area contributed by atoms with Crippen molar-refractivity contribution in [3.05, 3.63) is 89.7 Å². The third-order valence-electron chi connectivity index (χ3n) is 4.44. The molecule has 1 amide bonds. The zero-order valence-corrected chi connectivity index (χ0v) is 15.1. The summed E-state index contributed by atoms with van der Waals surface area (Å²) in [6.07, 6.45) is 1.71. The molecule has 1 unspecified atom stereocenters. The molecule has 0 aliphatic heterocycles. The van der Waals surface area contributed by atoms with Crippen LogP contribution in [0.1, 0.15) is 29.7 Å². The lowest BCUT2D eigenvalue weighted by atomic mass is 10.1. The molecule has 1 aromatic heterocycles. The van der Waals surface area contributed by atoms with Gasteiger partial charge in [0.1, 0.15) is 0 Å². The van der Waals surface area contributed by atoms with E-state index in [1.165, 1.54) is 11.1 Å². The second-order valence-corrected chi connectivity index (χ2v) is 6.29. The van der Waals surface area contributed by atoms with Crippen LogP contribution < -0.4 is 10.6 Å².